The molecule has 4 aromatic carbocycles. The van der Waals surface area contributed by atoms with E-state index in [1.165, 1.54) is 0 Å². The van der Waals surface area contributed by atoms with E-state index in [2.05, 4.69) is 4.74 Å². The molecule has 0 fully saturated rings. The molecule has 0 radical (unpaired) electrons. The second kappa shape index (κ2) is 5.30. The van der Waals surface area contributed by atoms with E-state index in [-0.39, 0.29) is 0 Å². The molecule has 0 heterocycles. The first-order chi connectivity index (χ1) is 12.6. The summed E-state index contributed by atoms with van der Waals surface area (Å²) in [5.41, 5.74) is 0. The maximum absolute atomic E-state index is 14.5. The predicted molar refractivity (Wildman–Crippen MR) is 76.3 cm³/mol. The molecular weight excluding hydrogens is 391 g/mol. The summed E-state index contributed by atoms with van der Waals surface area (Å²) >= 11 is 0. The maximum atomic E-state index is 14.5. The van der Waals surface area contributed by atoms with Crippen molar-refractivity contribution < 1.29 is 44.3 Å². The molecule has 10 heteroatoms. The van der Waals surface area contributed by atoms with Crippen molar-refractivity contribution >= 4 is 32.3 Å². The van der Waals surface area contributed by atoms with E-state index in [0.29, 0.717) is 0 Å². The van der Waals surface area contributed by atoms with Crippen molar-refractivity contribution in [2.45, 2.75) is 0 Å². The zero-order valence-corrected chi connectivity index (χ0v) is 12.8. The van der Waals surface area contributed by atoms with Gasteiger partial charge in [-0.3, -0.25) is 0 Å². The van der Waals surface area contributed by atoms with Crippen molar-refractivity contribution in [3.8, 4) is 5.75 Å². The van der Waals surface area contributed by atoms with E-state index >= 15 is 0 Å². The van der Waals surface area contributed by atoms with Crippen LogP contribution in [0.25, 0.3) is 32.3 Å². The van der Waals surface area contributed by atoms with Crippen molar-refractivity contribution in [1.29, 1.82) is 0 Å². The lowest BCUT2D eigenvalue weighted by atomic mass is 9.91. The van der Waals surface area contributed by atoms with Gasteiger partial charge >= 0.3 is 0 Å². The highest BCUT2D eigenvalue weighted by Crippen LogP contribution is 2.47. The van der Waals surface area contributed by atoms with Crippen LogP contribution in [0.2, 0.25) is 0 Å². The number of methoxy groups -OCH3 is 1. The monoisotopic (exact) mass is 394 g/mol. The molecule has 27 heavy (non-hydrogen) atoms. The minimum absolute atomic E-state index is 0.740. The first-order valence-electron chi connectivity index (χ1n) is 7.06. The smallest absolute Gasteiger partial charge is 0.202 e. The van der Waals surface area contributed by atoms with Gasteiger partial charge in [0.1, 0.15) is 0 Å². The van der Waals surface area contributed by atoms with Gasteiger partial charge < -0.3 is 4.74 Å². The first kappa shape index (κ1) is 17.5. The second-order valence-corrected chi connectivity index (χ2v) is 5.61. The van der Waals surface area contributed by atoms with E-state index in [1.807, 2.05) is 0 Å². The van der Waals surface area contributed by atoms with Crippen molar-refractivity contribution in [2.75, 3.05) is 7.11 Å². The minimum Gasteiger partial charge on any atom is -0.493 e. The number of rotatable bonds is 1. The lowest BCUT2D eigenvalue weighted by molar-refractivity contribution is 0.375. The Morgan fingerprint density at radius 1 is 0.370 bits per heavy atom. The number of halogens is 9. The molecule has 140 valence electrons. The number of benzene rings is 4. The summed E-state index contributed by atoms with van der Waals surface area (Å²) in [5, 5.41) is -8.18. The molecule has 0 atom stereocenters. The summed E-state index contributed by atoms with van der Waals surface area (Å²) in [6.45, 7) is 0. The minimum atomic E-state index is -2.39. The fourth-order valence-electron chi connectivity index (χ4n) is 3.29. The normalized spacial score (nSPS) is 12.1. The van der Waals surface area contributed by atoms with Crippen LogP contribution in [0, 0.1) is 52.4 Å². The summed E-state index contributed by atoms with van der Waals surface area (Å²) < 4.78 is 132. The van der Waals surface area contributed by atoms with Gasteiger partial charge in [-0.15, -0.1) is 0 Å². The summed E-state index contributed by atoms with van der Waals surface area (Å²) in [7, 11) is 0.740. The molecule has 0 aliphatic heterocycles. The number of ether oxygens (including phenoxy) is 1. The fraction of sp³-hybridized carbons (Fsp3) is 0.0588. The van der Waals surface area contributed by atoms with Gasteiger partial charge in [-0.05, 0) is 0 Å². The molecule has 0 bridgehead atoms. The zero-order chi connectivity index (χ0) is 19.9. The molecule has 0 aromatic heterocycles. The van der Waals surface area contributed by atoms with Gasteiger partial charge in [0.2, 0.25) is 5.82 Å². The Balaban J connectivity index is 2.61. The Morgan fingerprint density at radius 3 is 1.07 bits per heavy atom. The lowest BCUT2D eigenvalue weighted by Crippen LogP contribution is -2.08. The van der Waals surface area contributed by atoms with E-state index in [9.17, 15) is 39.5 Å². The largest absolute Gasteiger partial charge is 0.493 e. The van der Waals surface area contributed by atoms with Crippen LogP contribution < -0.4 is 4.74 Å². The third-order valence-corrected chi connectivity index (χ3v) is 4.38. The van der Waals surface area contributed by atoms with Gasteiger partial charge in [0, 0.05) is 10.8 Å². The lowest BCUT2D eigenvalue weighted by Gasteiger charge is -2.18. The Hall–Kier alpha value is -2.91. The van der Waals surface area contributed by atoms with Crippen molar-refractivity contribution in [1.82, 2.24) is 0 Å². The zero-order valence-electron chi connectivity index (χ0n) is 12.8. The molecule has 0 amide bonds. The number of hydrogen-bond acceptors (Lipinski definition) is 1. The van der Waals surface area contributed by atoms with Crippen molar-refractivity contribution in [3.05, 3.63) is 52.4 Å². The molecule has 0 aliphatic carbocycles. The molecule has 4 aromatic rings. The van der Waals surface area contributed by atoms with E-state index < -0.39 is 90.4 Å². The molecular formula is C17H3F9O. The number of hydrogen-bond donors (Lipinski definition) is 0. The van der Waals surface area contributed by atoms with Crippen LogP contribution in [0.5, 0.6) is 5.75 Å². The van der Waals surface area contributed by atoms with E-state index in [1.54, 1.807) is 0 Å². The third kappa shape index (κ3) is 1.82. The molecule has 0 spiro atoms. The summed E-state index contributed by atoms with van der Waals surface area (Å²) in [5.74, 6) is -20.7. The van der Waals surface area contributed by atoms with Crippen LogP contribution in [0.3, 0.4) is 0 Å². The van der Waals surface area contributed by atoms with Crippen LogP contribution in [0.4, 0.5) is 39.5 Å². The summed E-state index contributed by atoms with van der Waals surface area (Å²) in [6, 6.07) is 0. The molecule has 0 saturated carbocycles. The standard InChI is InChI=1S/C17H3F9O/c1-27-17-7-3-2-4(8(18)9(19)6(3)13(23)16(17)26)11(21)15(25)12(22)5(2)10(20)14(7)24/h1H3. The topological polar surface area (TPSA) is 9.23 Å². The average molecular weight is 394 g/mol. The van der Waals surface area contributed by atoms with Crippen molar-refractivity contribution in [2.24, 2.45) is 0 Å². The Labute approximate surface area is 142 Å². The predicted octanol–water partition coefficient (Wildman–Crippen LogP) is 5.84. The van der Waals surface area contributed by atoms with Gasteiger partial charge in [0.25, 0.3) is 0 Å². The molecule has 0 aliphatic rings. The van der Waals surface area contributed by atoms with Gasteiger partial charge in [-0.25, -0.2) is 35.1 Å². The Kier molecular flexibility index (Phi) is 3.44. The Morgan fingerprint density at radius 2 is 0.667 bits per heavy atom. The SMILES string of the molecule is COc1c(F)c(F)c2c(F)c(F)c3c(F)c(F)c(F)c4c(F)c(F)c1c2c34. The van der Waals surface area contributed by atoms with Crippen molar-refractivity contribution in [3.63, 3.8) is 0 Å². The quantitative estimate of drug-likeness (QED) is 0.224. The Bertz CT molecular complexity index is 1270. The highest BCUT2D eigenvalue weighted by Gasteiger charge is 2.35. The molecule has 1 nitrogen and oxygen atoms in total. The highest BCUT2D eigenvalue weighted by atomic mass is 19.2. The van der Waals surface area contributed by atoms with Crippen LogP contribution >= 0.6 is 0 Å². The molecule has 0 saturated heterocycles. The first-order valence-corrected chi connectivity index (χ1v) is 7.06. The molecule has 0 unspecified atom stereocenters. The average Bonchev–Trinajstić information content (AvgIpc) is 2.63. The van der Waals surface area contributed by atoms with Crippen LogP contribution in [-0.2, 0) is 0 Å². The van der Waals surface area contributed by atoms with Crippen LogP contribution in [0.15, 0.2) is 0 Å². The molecule has 0 N–H and O–H groups in total. The highest BCUT2D eigenvalue weighted by molar-refractivity contribution is 6.25. The van der Waals surface area contributed by atoms with Crippen LogP contribution in [-0.4, -0.2) is 7.11 Å². The van der Waals surface area contributed by atoms with Gasteiger partial charge in [-0.1, -0.05) is 0 Å². The van der Waals surface area contributed by atoms with Gasteiger partial charge in [0.05, 0.1) is 28.7 Å². The molecule has 4 rings (SSSR count). The third-order valence-electron chi connectivity index (χ3n) is 4.38. The summed E-state index contributed by atoms with van der Waals surface area (Å²) in [4.78, 5) is 0. The van der Waals surface area contributed by atoms with E-state index in [0.717, 1.165) is 7.11 Å². The second-order valence-electron chi connectivity index (χ2n) is 5.61. The van der Waals surface area contributed by atoms with Gasteiger partial charge in [0.15, 0.2) is 52.3 Å². The van der Waals surface area contributed by atoms with Crippen LogP contribution in [0.1, 0.15) is 0 Å². The van der Waals surface area contributed by atoms with E-state index in [4.69, 9.17) is 0 Å². The van der Waals surface area contributed by atoms with Gasteiger partial charge in [-0.2, -0.15) is 4.39 Å². The maximum Gasteiger partial charge on any atom is 0.202 e. The summed E-state index contributed by atoms with van der Waals surface area (Å²) in [6.07, 6.45) is 0. The fourth-order valence-corrected chi connectivity index (χ4v) is 3.29.